The van der Waals surface area contributed by atoms with Crippen LogP contribution in [0.4, 0.5) is 0 Å². The molecular weight excluding hydrogens is 114 g/mol. The van der Waals surface area contributed by atoms with Crippen LogP contribution in [0.5, 0.6) is 0 Å². The van der Waals surface area contributed by atoms with Crippen molar-refractivity contribution in [3.05, 3.63) is 0 Å². The number of nitrogens with one attached hydrogen (secondary N) is 1. The van der Waals surface area contributed by atoms with Crippen molar-refractivity contribution in [2.75, 3.05) is 19.7 Å². The predicted octanol–water partition coefficient (Wildman–Crippen LogP) is 0.385. The molecular formula is C7H13NO. The van der Waals surface area contributed by atoms with E-state index in [2.05, 4.69) is 12.2 Å². The normalized spacial score (nSPS) is 39.0. The van der Waals surface area contributed by atoms with Crippen molar-refractivity contribution < 1.29 is 4.74 Å². The average molecular weight is 127 g/mol. The van der Waals surface area contributed by atoms with Crippen LogP contribution in [0, 0.1) is 5.92 Å². The summed E-state index contributed by atoms with van der Waals surface area (Å²) in [5.41, 5.74) is 0.277. The van der Waals surface area contributed by atoms with Gasteiger partial charge in [0.1, 0.15) is 0 Å². The van der Waals surface area contributed by atoms with Gasteiger partial charge in [0.15, 0.2) is 0 Å². The van der Waals surface area contributed by atoms with Gasteiger partial charge in [-0.2, -0.15) is 0 Å². The average Bonchev–Trinajstić information content (AvgIpc) is 2.09. The minimum atomic E-state index is 0.277. The Morgan fingerprint density at radius 1 is 1.56 bits per heavy atom. The number of hydrogen-bond acceptors (Lipinski definition) is 2. The first-order valence-electron chi connectivity index (χ1n) is 3.65. The van der Waals surface area contributed by atoms with Crippen LogP contribution in [0.25, 0.3) is 0 Å². The van der Waals surface area contributed by atoms with E-state index in [0.717, 1.165) is 25.6 Å². The van der Waals surface area contributed by atoms with E-state index in [1.165, 1.54) is 6.42 Å². The van der Waals surface area contributed by atoms with Crippen molar-refractivity contribution in [3.8, 4) is 0 Å². The summed E-state index contributed by atoms with van der Waals surface area (Å²) in [6, 6.07) is 0. The molecule has 2 nitrogen and oxygen atoms in total. The van der Waals surface area contributed by atoms with Crippen LogP contribution >= 0.6 is 0 Å². The van der Waals surface area contributed by atoms with Crippen LogP contribution in [0.2, 0.25) is 0 Å². The SMILES string of the molecule is CC1COC2(CNC2)C1. The quantitative estimate of drug-likeness (QED) is 0.508. The molecule has 1 spiro atoms. The molecule has 0 bridgehead atoms. The van der Waals surface area contributed by atoms with Crippen molar-refractivity contribution in [1.29, 1.82) is 0 Å². The van der Waals surface area contributed by atoms with Gasteiger partial charge in [0.25, 0.3) is 0 Å². The molecule has 2 saturated heterocycles. The lowest BCUT2D eigenvalue weighted by Crippen LogP contribution is -2.59. The maximum Gasteiger partial charge on any atom is 0.0933 e. The summed E-state index contributed by atoms with van der Waals surface area (Å²) in [6.45, 7) is 5.39. The molecule has 2 heteroatoms. The molecule has 2 aliphatic rings. The van der Waals surface area contributed by atoms with Crippen LogP contribution < -0.4 is 5.32 Å². The molecule has 2 rings (SSSR count). The summed E-state index contributed by atoms with van der Waals surface area (Å²) in [4.78, 5) is 0. The van der Waals surface area contributed by atoms with Crippen molar-refractivity contribution in [3.63, 3.8) is 0 Å². The zero-order valence-corrected chi connectivity index (χ0v) is 5.81. The topological polar surface area (TPSA) is 21.3 Å². The van der Waals surface area contributed by atoms with Gasteiger partial charge in [-0.1, -0.05) is 6.92 Å². The molecule has 0 saturated carbocycles. The Balaban J connectivity index is 1.99. The lowest BCUT2D eigenvalue weighted by atomic mass is 9.90. The van der Waals surface area contributed by atoms with Crippen molar-refractivity contribution in [1.82, 2.24) is 5.32 Å². The van der Waals surface area contributed by atoms with Crippen LogP contribution in [0.15, 0.2) is 0 Å². The fraction of sp³-hybridized carbons (Fsp3) is 1.00. The number of rotatable bonds is 0. The van der Waals surface area contributed by atoms with Crippen LogP contribution in [0.1, 0.15) is 13.3 Å². The van der Waals surface area contributed by atoms with Gasteiger partial charge in [-0.05, 0) is 12.3 Å². The highest BCUT2D eigenvalue weighted by atomic mass is 16.5. The minimum Gasteiger partial charge on any atom is -0.372 e. The Morgan fingerprint density at radius 2 is 2.33 bits per heavy atom. The Morgan fingerprint density at radius 3 is 2.56 bits per heavy atom. The second-order valence-electron chi connectivity index (χ2n) is 3.41. The van der Waals surface area contributed by atoms with Gasteiger partial charge in [0.2, 0.25) is 0 Å². The van der Waals surface area contributed by atoms with Gasteiger partial charge in [-0.3, -0.25) is 0 Å². The van der Waals surface area contributed by atoms with Crippen LogP contribution in [-0.2, 0) is 4.74 Å². The fourth-order valence-electron chi connectivity index (χ4n) is 1.72. The van der Waals surface area contributed by atoms with Crippen molar-refractivity contribution in [2.45, 2.75) is 18.9 Å². The third-order valence-corrected chi connectivity index (χ3v) is 2.29. The lowest BCUT2D eigenvalue weighted by molar-refractivity contribution is -0.0362. The molecule has 2 heterocycles. The van der Waals surface area contributed by atoms with Gasteiger partial charge < -0.3 is 10.1 Å². The molecule has 1 unspecified atom stereocenters. The highest BCUT2D eigenvalue weighted by Crippen LogP contribution is 2.32. The zero-order valence-electron chi connectivity index (χ0n) is 5.81. The molecule has 0 aromatic rings. The van der Waals surface area contributed by atoms with Gasteiger partial charge >= 0.3 is 0 Å². The summed E-state index contributed by atoms with van der Waals surface area (Å²) in [5, 5.41) is 3.24. The first-order valence-corrected chi connectivity index (χ1v) is 3.65. The molecule has 0 amide bonds. The Labute approximate surface area is 55.6 Å². The van der Waals surface area contributed by atoms with Gasteiger partial charge in [-0.15, -0.1) is 0 Å². The van der Waals surface area contributed by atoms with E-state index in [0.29, 0.717) is 0 Å². The van der Waals surface area contributed by atoms with Crippen molar-refractivity contribution >= 4 is 0 Å². The van der Waals surface area contributed by atoms with Gasteiger partial charge in [0.05, 0.1) is 12.2 Å². The largest absolute Gasteiger partial charge is 0.372 e. The molecule has 9 heavy (non-hydrogen) atoms. The van der Waals surface area contributed by atoms with Gasteiger partial charge in [0, 0.05) is 13.1 Å². The second kappa shape index (κ2) is 1.70. The molecule has 0 aliphatic carbocycles. The van der Waals surface area contributed by atoms with E-state index < -0.39 is 0 Å². The summed E-state index contributed by atoms with van der Waals surface area (Å²) < 4.78 is 5.63. The Kier molecular flexibility index (Phi) is 1.08. The molecule has 52 valence electrons. The number of hydrogen-bond donors (Lipinski definition) is 1. The molecule has 0 aromatic carbocycles. The van der Waals surface area contributed by atoms with Crippen LogP contribution in [0.3, 0.4) is 0 Å². The lowest BCUT2D eigenvalue weighted by Gasteiger charge is -2.38. The summed E-state index contributed by atoms with van der Waals surface area (Å²) in [5.74, 6) is 0.784. The monoisotopic (exact) mass is 127 g/mol. The molecule has 1 atom stereocenters. The fourth-order valence-corrected chi connectivity index (χ4v) is 1.72. The maximum atomic E-state index is 5.63. The molecule has 2 aliphatic heterocycles. The third kappa shape index (κ3) is 0.775. The zero-order chi connectivity index (χ0) is 6.32. The molecule has 1 N–H and O–H groups in total. The minimum absolute atomic E-state index is 0.277. The smallest absolute Gasteiger partial charge is 0.0933 e. The molecule has 0 radical (unpaired) electrons. The summed E-state index contributed by atoms with van der Waals surface area (Å²) in [6.07, 6.45) is 1.26. The number of ether oxygens (including phenoxy) is 1. The molecule has 2 fully saturated rings. The Bertz CT molecular complexity index is 120. The summed E-state index contributed by atoms with van der Waals surface area (Å²) >= 11 is 0. The van der Waals surface area contributed by atoms with Crippen LogP contribution in [-0.4, -0.2) is 25.3 Å². The highest BCUT2D eigenvalue weighted by molar-refractivity contribution is 4.98. The first kappa shape index (κ1) is 5.69. The maximum absolute atomic E-state index is 5.63. The van der Waals surface area contributed by atoms with Gasteiger partial charge in [-0.25, -0.2) is 0 Å². The van der Waals surface area contributed by atoms with E-state index in [1.807, 2.05) is 0 Å². The van der Waals surface area contributed by atoms with E-state index in [1.54, 1.807) is 0 Å². The molecule has 0 aromatic heterocycles. The summed E-state index contributed by atoms with van der Waals surface area (Å²) in [7, 11) is 0. The standard InChI is InChI=1S/C7H13NO/c1-6-2-7(9-3-6)4-8-5-7/h6,8H,2-5H2,1H3. The first-order chi connectivity index (χ1) is 4.31. The van der Waals surface area contributed by atoms with Crippen molar-refractivity contribution in [2.24, 2.45) is 5.92 Å². The third-order valence-electron chi connectivity index (χ3n) is 2.29. The Hall–Kier alpha value is -0.0800. The highest BCUT2D eigenvalue weighted by Gasteiger charge is 2.43. The predicted molar refractivity (Wildman–Crippen MR) is 35.3 cm³/mol. The van der Waals surface area contributed by atoms with E-state index in [9.17, 15) is 0 Å². The second-order valence-corrected chi connectivity index (χ2v) is 3.41. The van der Waals surface area contributed by atoms with E-state index >= 15 is 0 Å². The van der Waals surface area contributed by atoms with E-state index in [-0.39, 0.29) is 5.60 Å². The van der Waals surface area contributed by atoms with E-state index in [4.69, 9.17) is 4.74 Å².